The van der Waals surface area contributed by atoms with Gasteiger partial charge in [0.1, 0.15) is 0 Å². The summed E-state index contributed by atoms with van der Waals surface area (Å²) in [4.78, 5) is 16.5. The minimum atomic E-state index is -0.0649. The number of carbonyl (C=O) groups excluding carboxylic acids is 1. The Morgan fingerprint density at radius 3 is 3.06 bits per heavy atom. The molecule has 2 unspecified atom stereocenters. The average molecular weight is 247 g/mol. The average Bonchev–Trinajstić information content (AvgIpc) is 2.40. The third-order valence-electron chi connectivity index (χ3n) is 3.54. The Balaban J connectivity index is 1.94. The van der Waals surface area contributed by atoms with Crippen LogP contribution in [0.4, 0.5) is 0 Å². The van der Waals surface area contributed by atoms with Crippen molar-refractivity contribution in [2.75, 3.05) is 6.54 Å². The monoisotopic (exact) mass is 247 g/mol. The molecule has 4 heteroatoms. The van der Waals surface area contributed by atoms with Crippen LogP contribution in [0.3, 0.4) is 0 Å². The highest BCUT2D eigenvalue weighted by atomic mass is 16.2. The summed E-state index contributed by atoms with van der Waals surface area (Å²) in [6, 6.07) is 5.64. The van der Waals surface area contributed by atoms with E-state index in [0.717, 1.165) is 25.1 Å². The van der Waals surface area contributed by atoms with Crippen LogP contribution < -0.4 is 10.6 Å². The van der Waals surface area contributed by atoms with Crippen molar-refractivity contribution in [1.82, 2.24) is 15.6 Å². The van der Waals surface area contributed by atoms with Gasteiger partial charge in [-0.25, -0.2) is 0 Å². The van der Waals surface area contributed by atoms with E-state index in [1.807, 2.05) is 25.1 Å². The quantitative estimate of drug-likeness (QED) is 0.854. The molecule has 1 amide bonds. The van der Waals surface area contributed by atoms with Gasteiger partial charge < -0.3 is 10.6 Å². The maximum atomic E-state index is 12.2. The van der Waals surface area contributed by atoms with Crippen molar-refractivity contribution in [1.29, 1.82) is 0 Å². The summed E-state index contributed by atoms with van der Waals surface area (Å²) in [5, 5.41) is 6.33. The molecule has 3 atom stereocenters. The zero-order chi connectivity index (χ0) is 13.0. The molecule has 2 heterocycles. The van der Waals surface area contributed by atoms with Crippen molar-refractivity contribution >= 4 is 5.91 Å². The summed E-state index contributed by atoms with van der Waals surface area (Å²) in [6.07, 6.45) is 4.02. The highest BCUT2D eigenvalue weighted by molar-refractivity contribution is 5.82. The van der Waals surface area contributed by atoms with Crippen LogP contribution in [0.25, 0.3) is 0 Å². The summed E-state index contributed by atoms with van der Waals surface area (Å²) < 4.78 is 0. The number of hydrogen-bond donors (Lipinski definition) is 2. The van der Waals surface area contributed by atoms with Gasteiger partial charge >= 0.3 is 0 Å². The van der Waals surface area contributed by atoms with E-state index in [4.69, 9.17) is 0 Å². The second-order valence-electron chi connectivity index (χ2n) is 5.04. The lowest BCUT2D eigenvalue weighted by Crippen LogP contribution is -2.51. The molecule has 0 bridgehead atoms. The molecule has 2 N–H and O–H groups in total. The molecule has 0 saturated carbocycles. The number of rotatable bonds is 3. The molecule has 98 valence electrons. The molecule has 1 fully saturated rings. The lowest BCUT2D eigenvalue weighted by Gasteiger charge is -2.30. The van der Waals surface area contributed by atoms with Crippen molar-refractivity contribution in [2.45, 2.75) is 38.8 Å². The molecule has 0 aliphatic carbocycles. The van der Waals surface area contributed by atoms with E-state index >= 15 is 0 Å². The number of amides is 1. The van der Waals surface area contributed by atoms with Gasteiger partial charge in [0.05, 0.1) is 17.8 Å². The Morgan fingerprint density at radius 1 is 1.56 bits per heavy atom. The minimum Gasteiger partial charge on any atom is -0.347 e. The van der Waals surface area contributed by atoms with Gasteiger partial charge in [-0.05, 0) is 44.4 Å². The molecular formula is C14H21N3O. The molecule has 2 rings (SSSR count). The van der Waals surface area contributed by atoms with E-state index in [1.54, 1.807) is 6.20 Å². The molecule has 18 heavy (non-hydrogen) atoms. The Kier molecular flexibility index (Phi) is 4.31. The number of piperidine rings is 1. The Labute approximate surface area is 108 Å². The first-order valence-corrected chi connectivity index (χ1v) is 6.63. The third kappa shape index (κ3) is 3.07. The van der Waals surface area contributed by atoms with Crippen LogP contribution in [0.5, 0.6) is 0 Å². The van der Waals surface area contributed by atoms with Crippen molar-refractivity contribution in [3.8, 4) is 0 Å². The van der Waals surface area contributed by atoms with Crippen LogP contribution in [0.1, 0.15) is 38.4 Å². The van der Waals surface area contributed by atoms with E-state index in [9.17, 15) is 4.79 Å². The van der Waals surface area contributed by atoms with E-state index in [-0.39, 0.29) is 18.0 Å². The predicted molar refractivity (Wildman–Crippen MR) is 71.0 cm³/mol. The van der Waals surface area contributed by atoms with Crippen LogP contribution in [0.2, 0.25) is 0 Å². The first-order chi connectivity index (χ1) is 8.68. The van der Waals surface area contributed by atoms with Gasteiger partial charge in [-0.2, -0.15) is 0 Å². The van der Waals surface area contributed by atoms with Gasteiger partial charge in [-0.3, -0.25) is 9.78 Å². The van der Waals surface area contributed by atoms with Gasteiger partial charge in [0.2, 0.25) is 5.91 Å². The van der Waals surface area contributed by atoms with Crippen molar-refractivity contribution in [3.05, 3.63) is 30.1 Å². The summed E-state index contributed by atoms with van der Waals surface area (Å²) in [7, 11) is 0. The second kappa shape index (κ2) is 5.96. The SMILES string of the molecule is CC1CCCNC1C(=O)N[C@@H](C)c1ccccn1. The van der Waals surface area contributed by atoms with Gasteiger partial charge in [0, 0.05) is 6.20 Å². The fourth-order valence-corrected chi connectivity index (χ4v) is 2.41. The standard InChI is InChI=1S/C14H21N3O/c1-10-6-5-9-16-13(10)14(18)17-11(2)12-7-3-4-8-15-12/h3-4,7-8,10-11,13,16H,5-6,9H2,1-2H3,(H,17,18)/t10?,11-,13?/m0/s1. The smallest absolute Gasteiger partial charge is 0.237 e. The van der Waals surface area contributed by atoms with Crippen LogP contribution >= 0.6 is 0 Å². The lowest BCUT2D eigenvalue weighted by atomic mass is 9.92. The normalized spacial score (nSPS) is 25.4. The molecule has 4 nitrogen and oxygen atoms in total. The highest BCUT2D eigenvalue weighted by Crippen LogP contribution is 2.17. The zero-order valence-corrected chi connectivity index (χ0v) is 11.0. The molecular weight excluding hydrogens is 226 g/mol. The van der Waals surface area contributed by atoms with Gasteiger partial charge in [-0.1, -0.05) is 13.0 Å². The van der Waals surface area contributed by atoms with E-state index < -0.39 is 0 Å². The summed E-state index contributed by atoms with van der Waals surface area (Å²) >= 11 is 0. The number of aromatic nitrogens is 1. The predicted octanol–water partition coefficient (Wildman–Crippen LogP) is 1.65. The Morgan fingerprint density at radius 2 is 2.39 bits per heavy atom. The lowest BCUT2D eigenvalue weighted by molar-refractivity contribution is -0.125. The largest absolute Gasteiger partial charge is 0.347 e. The van der Waals surface area contributed by atoms with E-state index in [1.165, 1.54) is 0 Å². The van der Waals surface area contributed by atoms with Crippen LogP contribution in [0.15, 0.2) is 24.4 Å². The molecule has 1 saturated heterocycles. The summed E-state index contributed by atoms with van der Waals surface area (Å²) in [5.74, 6) is 0.482. The number of hydrogen-bond acceptors (Lipinski definition) is 3. The number of carbonyl (C=O) groups is 1. The molecule has 1 aromatic rings. The molecule has 0 spiro atoms. The number of nitrogens with one attached hydrogen (secondary N) is 2. The van der Waals surface area contributed by atoms with Gasteiger partial charge in [0.15, 0.2) is 0 Å². The fourth-order valence-electron chi connectivity index (χ4n) is 2.41. The number of pyridine rings is 1. The molecule has 1 aliphatic rings. The molecule has 0 aromatic carbocycles. The van der Waals surface area contributed by atoms with Crippen LogP contribution in [-0.2, 0) is 4.79 Å². The molecule has 1 aliphatic heterocycles. The van der Waals surface area contributed by atoms with Gasteiger partial charge in [-0.15, -0.1) is 0 Å². The van der Waals surface area contributed by atoms with Crippen molar-refractivity contribution in [3.63, 3.8) is 0 Å². The number of nitrogens with zero attached hydrogens (tertiary/aromatic N) is 1. The van der Waals surface area contributed by atoms with Crippen LogP contribution in [-0.4, -0.2) is 23.5 Å². The molecule has 1 aromatic heterocycles. The Hall–Kier alpha value is -1.42. The van der Waals surface area contributed by atoms with E-state index in [2.05, 4.69) is 22.5 Å². The Bertz CT molecular complexity index is 393. The van der Waals surface area contributed by atoms with Crippen molar-refractivity contribution in [2.24, 2.45) is 5.92 Å². The van der Waals surface area contributed by atoms with Gasteiger partial charge in [0.25, 0.3) is 0 Å². The minimum absolute atomic E-state index is 0.0466. The van der Waals surface area contributed by atoms with Crippen molar-refractivity contribution < 1.29 is 4.79 Å². The first kappa shape index (κ1) is 13.0. The topological polar surface area (TPSA) is 54.0 Å². The first-order valence-electron chi connectivity index (χ1n) is 6.63. The van der Waals surface area contributed by atoms with Crippen LogP contribution in [0, 0.1) is 5.92 Å². The maximum absolute atomic E-state index is 12.2. The molecule has 0 radical (unpaired) electrons. The highest BCUT2D eigenvalue weighted by Gasteiger charge is 2.28. The fraction of sp³-hybridized carbons (Fsp3) is 0.571. The maximum Gasteiger partial charge on any atom is 0.237 e. The third-order valence-corrected chi connectivity index (χ3v) is 3.54. The second-order valence-corrected chi connectivity index (χ2v) is 5.04. The summed E-state index contributed by atoms with van der Waals surface area (Å²) in [6.45, 7) is 5.02. The van der Waals surface area contributed by atoms with E-state index in [0.29, 0.717) is 5.92 Å². The zero-order valence-electron chi connectivity index (χ0n) is 11.0. The summed E-state index contributed by atoms with van der Waals surface area (Å²) in [5.41, 5.74) is 0.898.